The first-order chi connectivity index (χ1) is 9.41. The van der Waals surface area contributed by atoms with E-state index in [-0.39, 0.29) is 10.9 Å². The molecule has 2 heterocycles. The summed E-state index contributed by atoms with van der Waals surface area (Å²) in [4.78, 5) is 13.1. The Bertz CT molecular complexity index is 585. The van der Waals surface area contributed by atoms with E-state index in [1.165, 1.54) is 5.57 Å². The van der Waals surface area contributed by atoms with Crippen LogP contribution in [0.5, 0.6) is 0 Å². The Morgan fingerprint density at radius 3 is 2.85 bits per heavy atom. The smallest absolute Gasteiger partial charge is 0.273 e. The molecule has 0 aliphatic carbocycles. The number of amides is 1. The van der Waals surface area contributed by atoms with Crippen molar-refractivity contribution in [2.75, 3.05) is 4.90 Å². The van der Waals surface area contributed by atoms with E-state index in [9.17, 15) is 9.90 Å². The maximum Gasteiger partial charge on any atom is 0.273 e. The summed E-state index contributed by atoms with van der Waals surface area (Å²) in [5.74, 6) is 0.490. The molecule has 0 saturated heterocycles. The third-order valence-electron chi connectivity index (χ3n) is 3.12. The predicted octanol–water partition coefficient (Wildman–Crippen LogP) is 2.75. The summed E-state index contributed by atoms with van der Waals surface area (Å²) >= 11 is 5.84. The van der Waals surface area contributed by atoms with Crippen LogP contribution in [0.2, 0.25) is 0 Å². The molecule has 0 spiro atoms. The van der Waals surface area contributed by atoms with Gasteiger partial charge >= 0.3 is 0 Å². The van der Waals surface area contributed by atoms with Crippen LogP contribution in [-0.2, 0) is 11.2 Å². The summed E-state index contributed by atoms with van der Waals surface area (Å²) in [7, 11) is 0. The summed E-state index contributed by atoms with van der Waals surface area (Å²) in [6.07, 6.45) is 2.55. The number of aliphatic hydroxyl groups is 1. The Labute approximate surface area is 122 Å². The lowest BCUT2D eigenvalue weighted by Gasteiger charge is -2.17. The first-order valence-electron chi connectivity index (χ1n) is 6.38. The zero-order valence-electron chi connectivity index (χ0n) is 11.7. The van der Waals surface area contributed by atoms with E-state index >= 15 is 0 Å². The minimum atomic E-state index is -1.08. The topological polar surface area (TPSA) is 66.6 Å². The maximum atomic E-state index is 11.9. The van der Waals surface area contributed by atoms with Crippen molar-refractivity contribution in [1.29, 1.82) is 0 Å². The van der Waals surface area contributed by atoms with Crippen LogP contribution in [0.4, 0.5) is 5.82 Å². The predicted molar refractivity (Wildman–Crippen MR) is 76.3 cm³/mol. The van der Waals surface area contributed by atoms with Crippen LogP contribution in [0.1, 0.15) is 33.0 Å². The lowest BCUT2D eigenvalue weighted by molar-refractivity contribution is -0.115. The van der Waals surface area contributed by atoms with Crippen molar-refractivity contribution in [3.63, 3.8) is 0 Å². The number of aliphatic hydroxyl groups excluding tert-OH is 1. The third-order valence-corrected chi connectivity index (χ3v) is 3.58. The molecule has 1 aromatic rings. The highest BCUT2D eigenvalue weighted by Crippen LogP contribution is 2.31. The summed E-state index contributed by atoms with van der Waals surface area (Å²) in [6, 6.07) is 1.66. The molecule has 1 amide bonds. The van der Waals surface area contributed by atoms with E-state index in [2.05, 4.69) is 11.2 Å². The Hall–Kier alpha value is -1.59. The Balaban J connectivity index is 2.10. The minimum Gasteiger partial charge on any atom is -0.369 e. The number of aromatic nitrogens is 1. The van der Waals surface area contributed by atoms with Crippen LogP contribution in [0.15, 0.2) is 32.8 Å². The number of nitrogens with zero attached hydrogens (tertiary/aromatic N) is 2. The van der Waals surface area contributed by atoms with Gasteiger partial charge in [-0.05, 0) is 27.2 Å². The number of halogens is 1. The van der Waals surface area contributed by atoms with Gasteiger partial charge in [-0.3, -0.25) is 9.69 Å². The van der Waals surface area contributed by atoms with Crippen molar-refractivity contribution in [3.05, 3.63) is 34.1 Å². The molecule has 20 heavy (non-hydrogen) atoms. The monoisotopic (exact) mass is 296 g/mol. The molecule has 108 valence electrons. The maximum absolute atomic E-state index is 11.9. The zero-order valence-corrected chi connectivity index (χ0v) is 12.4. The van der Waals surface area contributed by atoms with E-state index in [0.29, 0.717) is 17.8 Å². The molecule has 2 rings (SSSR count). The van der Waals surface area contributed by atoms with Crippen LogP contribution >= 0.6 is 11.6 Å². The van der Waals surface area contributed by atoms with Crippen LogP contribution in [0.25, 0.3) is 0 Å². The second-order valence-corrected chi connectivity index (χ2v) is 5.40. The standard InChI is InChI=1S/C14H17ClN2O3/c1-8(2)5-4-6-10-7-11(16-20-10)17-13(18)9(3)12(15)14(17)19/h5,7,13,18H,4,6H2,1-3H3. The lowest BCUT2D eigenvalue weighted by Crippen LogP contribution is -2.35. The van der Waals surface area contributed by atoms with Crippen molar-refractivity contribution < 1.29 is 14.4 Å². The number of carbonyl (C=O) groups is 1. The van der Waals surface area contributed by atoms with E-state index in [4.69, 9.17) is 16.1 Å². The molecular weight excluding hydrogens is 280 g/mol. The molecule has 1 aliphatic heterocycles. The highest BCUT2D eigenvalue weighted by atomic mass is 35.5. The number of aryl methyl sites for hydroxylation is 1. The van der Waals surface area contributed by atoms with Crippen LogP contribution in [-0.4, -0.2) is 22.4 Å². The number of hydrogen-bond acceptors (Lipinski definition) is 4. The first kappa shape index (κ1) is 14.8. The molecular formula is C14H17ClN2O3. The second-order valence-electron chi connectivity index (χ2n) is 5.02. The molecule has 0 fully saturated rings. The molecule has 0 radical (unpaired) electrons. The van der Waals surface area contributed by atoms with E-state index < -0.39 is 12.1 Å². The largest absolute Gasteiger partial charge is 0.369 e. The normalized spacial score (nSPS) is 18.9. The molecule has 1 N–H and O–H groups in total. The number of allylic oxidation sites excluding steroid dienone is 2. The number of rotatable bonds is 4. The SMILES string of the molecule is CC(C)=CCCc1cc(N2C(=O)C(Cl)=C(C)C2O)no1. The number of anilines is 1. The summed E-state index contributed by atoms with van der Waals surface area (Å²) in [6.45, 7) is 5.67. The van der Waals surface area contributed by atoms with Crippen LogP contribution < -0.4 is 4.90 Å². The first-order valence-corrected chi connectivity index (χ1v) is 6.76. The van der Waals surface area contributed by atoms with E-state index in [1.54, 1.807) is 13.0 Å². The van der Waals surface area contributed by atoms with Gasteiger partial charge in [-0.1, -0.05) is 28.4 Å². The fourth-order valence-corrected chi connectivity index (χ4v) is 2.15. The van der Waals surface area contributed by atoms with Gasteiger partial charge < -0.3 is 9.63 Å². The Morgan fingerprint density at radius 2 is 2.30 bits per heavy atom. The van der Waals surface area contributed by atoms with Crippen molar-refractivity contribution in [2.45, 2.75) is 39.8 Å². The van der Waals surface area contributed by atoms with Crippen LogP contribution in [0.3, 0.4) is 0 Å². The van der Waals surface area contributed by atoms with Gasteiger partial charge in [-0.2, -0.15) is 0 Å². The van der Waals surface area contributed by atoms with Gasteiger partial charge in [0.15, 0.2) is 12.0 Å². The summed E-state index contributed by atoms with van der Waals surface area (Å²) in [5, 5.41) is 13.8. The van der Waals surface area contributed by atoms with Gasteiger partial charge in [-0.15, -0.1) is 0 Å². The van der Waals surface area contributed by atoms with Gasteiger partial charge in [-0.25, -0.2) is 0 Å². The van der Waals surface area contributed by atoms with E-state index in [0.717, 1.165) is 11.3 Å². The van der Waals surface area contributed by atoms with Gasteiger partial charge in [0.1, 0.15) is 10.8 Å². The highest BCUT2D eigenvalue weighted by molar-refractivity contribution is 6.45. The van der Waals surface area contributed by atoms with Gasteiger partial charge in [0, 0.05) is 18.1 Å². The molecule has 0 bridgehead atoms. The zero-order chi connectivity index (χ0) is 14.9. The van der Waals surface area contributed by atoms with Gasteiger partial charge in [0.2, 0.25) is 0 Å². The lowest BCUT2D eigenvalue weighted by atomic mass is 10.2. The molecule has 6 heteroatoms. The van der Waals surface area contributed by atoms with Gasteiger partial charge in [0.05, 0.1) is 0 Å². The molecule has 1 aromatic heterocycles. The van der Waals surface area contributed by atoms with Crippen LogP contribution in [0, 0.1) is 0 Å². The molecule has 1 aliphatic rings. The fourth-order valence-electron chi connectivity index (χ4n) is 1.96. The molecule has 1 unspecified atom stereocenters. The second kappa shape index (κ2) is 5.81. The van der Waals surface area contributed by atoms with E-state index in [1.807, 2.05) is 13.8 Å². The molecule has 1 atom stereocenters. The Kier molecular flexibility index (Phi) is 4.30. The van der Waals surface area contributed by atoms with Crippen molar-refractivity contribution in [1.82, 2.24) is 5.16 Å². The quantitative estimate of drug-likeness (QED) is 0.868. The average molecular weight is 297 g/mol. The fraction of sp³-hybridized carbons (Fsp3) is 0.429. The minimum absolute atomic E-state index is 0.0339. The number of carbonyl (C=O) groups excluding carboxylic acids is 1. The number of hydrogen-bond donors (Lipinski definition) is 1. The summed E-state index contributed by atoms with van der Waals surface area (Å²) in [5.41, 5.74) is 1.66. The Morgan fingerprint density at radius 1 is 1.60 bits per heavy atom. The molecule has 0 aromatic carbocycles. The average Bonchev–Trinajstić information content (AvgIpc) is 2.91. The summed E-state index contributed by atoms with van der Waals surface area (Å²) < 4.78 is 5.18. The highest BCUT2D eigenvalue weighted by Gasteiger charge is 2.37. The van der Waals surface area contributed by atoms with Gasteiger partial charge in [0.25, 0.3) is 5.91 Å². The molecule has 5 nitrogen and oxygen atoms in total. The van der Waals surface area contributed by atoms with Crippen molar-refractivity contribution >= 4 is 23.3 Å². The van der Waals surface area contributed by atoms with Crippen molar-refractivity contribution in [3.8, 4) is 0 Å². The molecule has 0 saturated carbocycles. The third kappa shape index (κ3) is 2.78. The van der Waals surface area contributed by atoms with Crippen molar-refractivity contribution in [2.24, 2.45) is 0 Å².